The number of nitrogens with one attached hydrogen (secondary N) is 2. The van der Waals surface area contributed by atoms with Gasteiger partial charge in [0.05, 0.1) is 18.4 Å². The molecule has 0 amide bonds. The minimum Gasteiger partial charge on any atom is -0.369 e. The van der Waals surface area contributed by atoms with Gasteiger partial charge in [0, 0.05) is 11.4 Å². The van der Waals surface area contributed by atoms with Gasteiger partial charge in [-0.1, -0.05) is 26.3 Å². The van der Waals surface area contributed by atoms with Crippen molar-refractivity contribution in [3.8, 4) is 0 Å². The number of nitrogens with zero attached hydrogens (tertiary/aromatic N) is 2. The van der Waals surface area contributed by atoms with Crippen molar-refractivity contribution in [1.29, 1.82) is 0 Å². The maximum atomic E-state index is 4.56. The lowest BCUT2D eigenvalue weighted by Gasteiger charge is -2.17. The Kier molecular flexibility index (Phi) is 5.80. The summed E-state index contributed by atoms with van der Waals surface area (Å²) in [4.78, 5) is 10.2. The molecule has 0 saturated heterocycles. The van der Waals surface area contributed by atoms with Crippen molar-refractivity contribution in [3.05, 3.63) is 34.8 Å². The molecule has 0 radical (unpaired) electrons. The molecule has 1 atom stereocenters. The molecule has 2 aromatic heterocycles. The van der Waals surface area contributed by atoms with E-state index >= 15 is 0 Å². The first-order valence-electron chi connectivity index (χ1n) is 7.19. The van der Waals surface area contributed by atoms with Crippen LogP contribution in [0.25, 0.3) is 0 Å². The van der Waals surface area contributed by atoms with Gasteiger partial charge in [-0.05, 0) is 24.3 Å². The highest BCUT2D eigenvalue weighted by Crippen LogP contribution is 2.26. The summed E-state index contributed by atoms with van der Waals surface area (Å²) in [7, 11) is 0. The lowest BCUT2D eigenvalue weighted by Crippen LogP contribution is -2.11. The van der Waals surface area contributed by atoms with E-state index in [-0.39, 0.29) is 0 Å². The van der Waals surface area contributed by atoms with Gasteiger partial charge in [0.2, 0.25) is 0 Å². The molecule has 108 valence electrons. The number of rotatable bonds is 8. The van der Waals surface area contributed by atoms with E-state index in [1.807, 2.05) is 0 Å². The van der Waals surface area contributed by atoms with E-state index < -0.39 is 0 Å². The Balaban J connectivity index is 2.06. The number of hydrogen-bond acceptors (Lipinski definition) is 5. The number of aromatic nitrogens is 2. The monoisotopic (exact) mass is 290 g/mol. The molecular formula is C15H22N4S. The van der Waals surface area contributed by atoms with E-state index in [0.717, 1.165) is 37.4 Å². The fourth-order valence-corrected chi connectivity index (χ4v) is 2.83. The average molecular weight is 290 g/mol. The molecule has 1 unspecified atom stereocenters. The first-order chi connectivity index (χ1) is 9.83. The van der Waals surface area contributed by atoms with Crippen molar-refractivity contribution in [1.82, 2.24) is 9.97 Å². The van der Waals surface area contributed by atoms with Crippen LogP contribution < -0.4 is 10.6 Å². The average Bonchev–Trinajstić information content (AvgIpc) is 2.99. The Bertz CT molecular complexity index is 498. The third-order valence-corrected chi connectivity index (χ3v) is 3.96. The lowest BCUT2D eigenvalue weighted by molar-refractivity contribution is 0.684. The molecule has 4 nitrogen and oxygen atoms in total. The third-order valence-electron chi connectivity index (χ3n) is 2.98. The van der Waals surface area contributed by atoms with E-state index in [4.69, 9.17) is 0 Å². The first kappa shape index (κ1) is 14.8. The van der Waals surface area contributed by atoms with E-state index in [0.29, 0.717) is 6.04 Å². The third kappa shape index (κ3) is 4.20. The number of thiophene rings is 1. The maximum Gasteiger partial charge on any atom is 0.147 e. The fraction of sp³-hybridized carbons (Fsp3) is 0.467. The summed E-state index contributed by atoms with van der Waals surface area (Å²) in [6, 6.07) is 4.58. The highest BCUT2D eigenvalue weighted by molar-refractivity contribution is 7.10. The van der Waals surface area contributed by atoms with Crippen LogP contribution in [0.5, 0.6) is 0 Å². The molecule has 2 rings (SSSR count). The molecule has 0 fully saturated rings. The Morgan fingerprint density at radius 1 is 1.20 bits per heavy atom. The van der Waals surface area contributed by atoms with Crippen molar-refractivity contribution in [2.24, 2.45) is 0 Å². The minimum absolute atomic E-state index is 0.315. The molecule has 0 aromatic carbocycles. The van der Waals surface area contributed by atoms with Crippen LogP contribution in [-0.2, 0) is 0 Å². The highest BCUT2D eigenvalue weighted by Gasteiger charge is 2.12. The molecule has 2 heterocycles. The standard InChI is InChI=1S/C15H22N4S/c1-3-6-12(13-7-5-9-20-13)18-15-11-16-10-14(19-15)17-8-4-2/h5,7,9-12H,3-4,6,8H2,1-2H3,(H2,17,18,19). The Labute approximate surface area is 124 Å². The summed E-state index contributed by atoms with van der Waals surface area (Å²) in [5, 5.41) is 8.88. The summed E-state index contributed by atoms with van der Waals surface area (Å²) < 4.78 is 0. The van der Waals surface area contributed by atoms with Crippen molar-refractivity contribution in [2.75, 3.05) is 17.2 Å². The smallest absolute Gasteiger partial charge is 0.147 e. The topological polar surface area (TPSA) is 49.8 Å². The Morgan fingerprint density at radius 3 is 2.75 bits per heavy atom. The summed E-state index contributed by atoms with van der Waals surface area (Å²) in [6.45, 7) is 5.26. The van der Waals surface area contributed by atoms with Crippen LogP contribution in [0.15, 0.2) is 29.9 Å². The molecule has 2 N–H and O–H groups in total. The molecule has 2 aromatic rings. The Hall–Kier alpha value is -1.62. The van der Waals surface area contributed by atoms with Crippen molar-refractivity contribution >= 4 is 23.0 Å². The van der Waals surface area contributed by atoms with Crippen molar-refractivity contribution < 1.29 is 0 Å². The van der Waals surface area contributed by atoms with Crippen LogP contribution in [0.4, 0.5) is 11.6 Å². The van der Waals surface area contributed by atoms with E-state index in [2.05, 4.69) is 52.0 Å². The van der Waals surface area contributed by atoms with Gasteiger partial charge in [0.1, 0.15) is 11.6 Å². The molecule has 0 bridgehead atoms. The predicted octanol–water partition coefficient (Wildman–Crippen LogP) is 4.31. The number of anilines is 2. The molecule has 0 saturated carbocycles. The van der Waals surface area contributed by atoms with Crippen LogP contribution in [-0.4, -0.2) is 16.5 Å². The normalized spacial score (nSPS) is 12.1. The van der Waals surface area contributed by atoms with E-state index in [1.54, 1.807) is 23.7 Å². The van der Waals surface area contributed by atoms with Gasteiger partial charge >= 0.3 is 0 Å². The minimum atomic E-state index is 0.315. The van der Waals surface area contributed by atoms with E-state index in [9.17, 15) is 0 Å². The SMILES string of the molecule is CCCNc1cncc(NC(CCC)c2cccs2)n1. The number of hydrogen-bond donors (Lipinski definition) is 2. The zero-order valence-electron chi connectivity index (χ0n) is 12.1. The quantitative estimate of drug-likeness (QED) is 0.760. The highest BCUT2D eigenvalue weighted by atomic mass is 32.1. The van der Waals surface area contributed by atoms with Crippen molar-refractivity contribution in [2.45, 2.75) is 39.2 Å². The van der Waals surface area contributed by atoms with Crippen LogP contribution in [0.3, 0.4) is 0 Å². The molecule has 0 spiro atoms. The van der Waals surface area contributed by atoms with Gasteiger partial charge in [-0.15, -0.1) is 11.3 Å². The molecule has 0 aliphatic heterocycles. The second kappa shape index (κ2) is 7.85. The van der Waals surface area contributed by atoms with Crippen LogP contribution >= 0.6 is 11.3 Å². The second-order valence-corrected chi connectivity index (χ2v) is 5.70. The van der Waals surface area contributed by atoms with Gasteiger partial charge < -0.3 is 10.6 Å². The summed E-state index contributed by atoms with van der Waals surface area (Å²) in [5.41, 5.74) is 0. The zero-order valence-corrected chi connectivity index (χ0v) is 12.9. The van der Waals surface area contributed by atoms with Gasteiger partial charge in [0.15, 0.2) is 0 Å². The van der Waals surface area contributed by atoms with Gasteiger partial charge in [0.25, 0.3) is 0 Å². The van der Waals surface area contributed by atoms with Crippen LogP contribution in [0, 0.1) is 0 Å². The maximum absolute atomic E-state index is 4.56. The van der Waals surface area contributed by atoms with Gasteiger partial charge in [-0.2, -0.15) is 0 Å². The molecular weight excluding hydrogens is 268 g/mol. The second-order valence-electron chi connectivity index (χ2n) is 4.72. The predicted molar refractivity (Wildman–Crippen MR) is 86.4 cm³/mol. The fourth-order valence-electron chi connectivity index (χ4n) is 2.02. The summed E-state index contributed by atoms with van der Waals surface area (Å²) in [5.74, 6) is 1.66. The molecule has 20 heavy (non-hydrogen) atoms. The first-order valence-corrected chi connectivity index (χ1v) is 8.07. The lowest BCUT2D eigenvalue weighted by atomic mass is 10.1. The Morgan fingerprint density at radius 2 is 2.05 bits per heavy atom. The van der Waals surface area contributed by atoms with Crippen LogP contribution in [0.1, 0.15) is 44.0 Å². The van der Waals surface area contributed by atoms with Gasteiger partial charge in [-0.3, -0.25) is 4.98 Å². The van der Waals surface area contributed by atoms with Gasteiger partial charge in [-0.25, -0.2) is 4.98 Å². The van der Waals surface area contributed by atoms with Crippen molar-refractivity contribution in [3.63, 3.8) is 0 Å². The molecule has 0 aliphatic rings. The molecule has 0 aliphatic carbocycles. The molecule has 5 heteroatoms. The van der Waals surface area contributed by atoms with Crippen LogP contribution in [0.2, 0.25) is 0 Å². The zero-order chi connectivity index (χ0) is 14.2. The summed E-state index contributed by atoms with van der Waals surface area (Å²) >= 11 is 1.78. The van der Waals surface area contributed by atoms with E-state index in [1.165, 1.54) is 4.88 Å². The summed E-state index contributed by atoms with van der Waals surface area (Å²) in [6.07, 6.45) is 6.85. The largest absolute Gasteiger partial charge is 0.369 e.